The van der Waals surface area contributed by atoms with E-state index in [1.807, 2.05) is 24.3 Å². The SMILES string of the molecule is CCN(CC)c1ccc(CNC(=O)CN(c2cc(Cl)ccc2C)S(C)(=O)=O)cc1. The van der Waals surface area contributed by atoms with E-state index in [2.05, 4.69) is 24.1 Å². The number of amides is 1. The van der Waals surface area contributed by atoms with Crippen molar-refractivity contribution in [3.63, 3.8) is 0 Å². The number of halogens is 1. The molecule has 0 aromatic heterocycles. The Bertz CT molecular complexity index is 942. The fourth-order valence-corrected chi connectivity index (χ4v) is 4.10. The molecule has 0 fully saturated rings. The molecule has 6 nitrogen and oxygen atoms in total. The first kappa shape index (κ1) is 23.0. The molecule has 0 bridgehead atoms. The Morgan fingerprint density at radius 3 is 2.24 bits per heavy atom. The van der Waals surface area contributed by atoms with Gasteiger partial charge in [0, 0.05) is 30.3 Å². The Hall–Kier alpha value is -2.25. The second-order valence-electron chi connectivity index (χ2n) is 6.82. The lowest BCUT2D eigenvalue weighted by Gasteiger charge is -2.24. The highest BCUT2D eigenvalue weighted by Crippen LogP contribution is 2.26. The van der Waals surface area contributed by atoms with Crippen LogP contribution in [0.5, 0.6) is 0 Å². The van der Waals surface area contributed by atoms with Gasteiger partial charge in [-0.1, -0.05) is 29.8 Å². The molecule has 0 radical (unpaired) electrons. The first-order valence-electron chi connectivity index (χ1n) is 9.50. The van der Waals surface area contributed by atoms with Crippen LogP contribution < -0.4 is 14.5 Å². The Labute approximate surface area is 178 Å². The van der Waals surface area contributed by atoms with Gasteiger partial charge in [0.05, 0.1) is 11.9 Å². The average molecular weight is 438 g/mol. The van der Waals surface area contributed by atoms with Crippen molar-refractivity contribution < 1.29 is 13.2 Å². The maximum atomic E-state index is 12.5. The van der Waals surface area contributed by atoms with Crippen molar-refractivity contribution >= 4 is 38.9 Å². The summed E-state index contributed by atoms with van der Waals surface area (Å²) >= 11 is 6.02. The molecule has 0 aliphatic heterocycles. The molecule has 0 aliphatic carbocycles. The molecule has 0 unspecified atom stereocenters. The van der Waals surface area contributed by atoms with E-state index in [4.69, 9.17) is 11.6 Å². The maximum Gasteiger partial charge on any atom is 0.241 e. The molecule has 0 saturated carbocycles. The highest BCUT2D eigenvalue weighted by Gasteiger charge is 2.22. The minimum atomic E-state index is -3.65. The standard InChI is InChI=1S/C21H28ClN3O3S/c1-5-24(6-2)19-11-8-17(9-12-19)14-23-21(26)15-25(29(4,27)28)20-13-18(22)10-7-16(20)3/h7-13H,5-6,14-15H2,1-4H3,(H,23,26). The number of nitrogens with zero attached hydrogens (tertiary/aromatic N) is 2. The van der Waals surface area contributed by atoms with Crippen molar-refractivity contribution in [2.75, 3.05) is 35.1 Å². The van der Waals surface area contributed by atoms with E-state index >= 15 is 0 Å². The number of carbonyl (C=O) groups is 1. The van der Waals surface area contributed by atoms with Gasteiger partial charge in [0.15, 0.2) is 0 Å². The van der Waals surface area contributed by atoms with E-state index in [9.17, 15) is 13.2 Å². The Kier molecular flexibility index (Phi) is 7.93. The lowest BCUT2D eigenvalue weighted by Crippen LogP contribution is -2.40. The minimum Gasteiger partial charge on any atom is -0.372 e. The van der Waals surface area contributed by atoms with Crippen molar-refractivity contribution in [1.82, 2.24) is 5.32 Å². The summed E-state index contributed by atoms with van der Waals surface area (Å²) in [5.41, 5.74) is 3.20. The molecule has 1 amide bonds. The van der Waals surface area contributed by atoms with Crippen molar-refractivity contribution in [3.8, 4) is 0 Å². The summed E-state index contributed by atoms with van der Waals surface area (Å²) in [7, 11) is -3.65. The van der Waals surface area contributed by atoms with Crippen molar-refractivity contribution in [1.29, 1.82) is 0 Å². The van der Waals surface area contributed by atoms with Crippen LogP contribution in [0.15, 0.2) is 42.5 Å². The Morgan fingerprint density at radius 2 is 1.69 bits per heavy atom. The lowest BCUT2D eigenvalue weighted by atomic mass is 10.2. The Balaban J connectivity index is 2.07. The molecular formula is C21H28ClN3O3S. The molecule has 29 heavy (non-hydrogen) atoms. The molecule has 8 heteroatoms. The fourth-order valence-electron chi connectivity index (χ4n) is 3.03. The van der Waals surface area contributed by atoms with Gasteiger partial charge in [-0.25, -0.2) is 8.42 Å². The van der Waals surface area contributed by atoms with E-state index in [-0.39, 0.29) is 12.5 Å². The van der Waals surface area contributed by atoms with Crippen LogP contribution in [0.2, 0.25) is 5.02 Å². The lowest BCUT2D eigenvalue weighted by molar-refractivity contribution is -0.119. The monoisotopic (exact) mass is 437 g/mol. The molecule has 0 atom stereocenters. The van der Waals surface area contributed by atoms with Gasteiger partial charge in [0.2, 0.25) is 15.9 Å². The first-order chi connectivity index (χ1) is 13.7. The van der Waals surface area contributed by atoms with Crippen LogP contribution in [0.25, 0.3) is 0 Å². The molecule has 2 rings (SSSR count). The summed E-state index contributed by atoms with van der Waals surface area (Å²) in [5.74, 6) is -0.386. The van der Waals surface area contributed by atoms with Crippen LogP contribution >= 0.6 is 11.6 Å². The number of aryl methyl sites for hydroxylation is 1. The summed E-state index contributed by atoms with van der Waals surface area (Å²) in [6, 6.07) is 12.9. The first-order valence-corrected chi connectivity index (χ1v) is 11.7. The number of nitrogens with one attached hydrogen (secondary N) is 1. The topological polar surface area (TPSA) is 69.7 Å². The van der Waals surface area contributed by atoms with Gasteiger partial charge in [0.1, 0.15) is 6.54 Å². The second-order valence-corrected chi connectivity index (χ2v) is 9.16. The molecule has 158 valence electrons. The number of rotatable bonds is 9. The predicted octanol–water partition coefficient (Wildman–Crippen LogP) is 3.58. The Morgan fingerprint density at radius 1 is 1.07 bits per heavy atom. The number of sulfonamides is 1. The summed E-state index contributed by atoms with van der Waals surface area (Å²) in [6.45, 7) is 7.85. The molecule has 1 N–H and O–H groups in total. The summed E-state index contributed by atoms with van der Waals surface area (Å²) < 4.78 is 25.6. The molecule has 0 heterocycles. The van der Waals surface area contributed by atoms with Crippen molar-refractivity contribution in [3.05, 3.63) is 58.6 Å². The molecule has 2 aromatic carbocycles. The smallest absolute Gasteiger partial charge is 0.241 e. The highest BCUT2D eigenvalue weighted by atomic mass is 35.5. The van der Waals surface area contributed by atoms with Gasteiger partial charge in [-0.2, -0.15) is 0 Å². The fraction of sp³-hybridized carbons (Fsp3) is 0.381. The van der Waals surface area contributed by atoms with Gasteiger partial charge >= 0.3 is 0 Å². The number of hydrogen-bond acceptors (Lipinski definition) is 4. The van der Waals surface area contributed by atoms with Gasteiger partial charge in [-0.15, -0.1) is 0 Å². The van der Waals surface area contributed by atoms with Gasteiger partial charge < -0.3 is 10.2 Å². The van der Waals surface area contributed by atoms with Crippen LogP contribution in [0, 0.1) is 6.92 Å². The summed E-state index contributed by atoms with van der Waals surface area (Å²) in [5, 5.41) is 3.20. The van der Waals surface area contributed by atoms with Crippen LogP contribution in [0.1, 0.15) is 25.0 Å². The van der Waals surface area contributed by atoms with Crippen LogP contribution in [-0.2, 0) is 21.4 Å². The number of carbonyl (C=O) groups excluding carboxylic acids is 1. The zero-order chi connectivity index (χ0) is 21.6. The van der Waals surface area contributed by atoms with Gasteiger partial charge in [-0.05, 0) is 56.2 Å². The minimum absolute atomic E-state index is 0.308. The third-order valence-corrected chi connectivity index (χ3v) is 6.04. The van der Waals surface area contributed by atoms with E-state index < -0.39 is 10.0 Å². The van der Waals surface area contributed by atoms with Crippen LogP contribution in [0.4, 0.5) is 11.4 Å². The largest absolute Gasteiger partial charge is 0.372 e. The van der Waals surface area contributed by atoms with Gasteiger partial charge in [-0.3, -0.25) is 9.10 Å². The van der Waals surface area contributed by atoms with Crippen molar-refractivity contribution in [2.24, 2.45) is 0 Å². The average Bonchev–Trinajstić information content (AvgIpc) is 2.67. The molecule has 0 spiro atoms. The molecule has 0 saturated heterocycles. The molecule has 0 aliphatic rings. The third-order valence-electron chi connectivity index (χ3n) is 4.68. The van der Waals surface area contributed by atoms with Crippen LogP contribution in [0.3, 0.4) is 0 Å². The third kappa shape index (κ3) is 6.37. The van der Waals surface area contributed by atoms with E-state index in [0.717, 1.165) is 40.5 Å². The summed E-state index contributed by atoms with van der Waals surface area (Å²) in [6.07, 6.45) is 1.08. The van der Waals surface area contributed by atoms with E-state index in [0.29, 0.717) is 17.3 Å². The zero-order valence-corrected chi connectivity index (χ0v) is 18.8. The van der Waals surface area contributed by atoms with Gasteiger partial charge in [0.25, 0.3) is 0 Å². The quantitative estimate of drug-likeness (QED) is 0.651. The van der Waals surface area contributed by atoms with E-state index in [1.54, 1.807) is 25.1 Å². The molecular weight excluding hydrogens is 410 g/mol. The van der Waals surface area contributed by atoms with Crippen LogP contribution in [-0.4, -0.2) is 40.2 Å². The number of hydrogen-bond donors (Lipinski definition) is 1. The maximum absolute atomic E-state index is 12.5. The number of anilines is 2. The number of benzene rings is 2. The highest BCUT2D eigenvalue weighted by molar-refractivity contribution is 7.92. The van der Waals surface area contributed by atoms with E-state index in [1.165, 1.54) is 0 Å². The summed E-state index contributed by atoms with van der Waals surface area (Å²) in [4.78, 5) is 14.7. The normalized spacial score (nSPS) is 11.2. The second kappa shape index (κ2) is 9.98. The van der Waals surface area contributed by atoms with Crippen molar-refractivity contribution in [2.45, 2.75) is 27.3 Å². The molecule has 2 aromatic rings. The zero-order valence-electron chi connectivity index (χ0n) is 17.3. The predicted molar refractivity (Wildman–Crippen MR) is 120 cm³/mol.